The third kappa shape index (κ3) is 15.0. The fourth-order valence-electron chi connectivity index (χ4n) is 3.01. The Kier molecular flexibility index (Phi) is 20.0. The fraction of sp³-hybridized carbons (Fsp3) is 0.909. The van der Waals surface area contributed by atoms with Gasteiger partial charge in [0.1, 0.15) is 6.10 Å². The number of hydrogen-bond acceptors (Lipinski definition) is 5. The molecule has 0 aromatic heterocycles. The van der Waals surface area contributed by atoms with E-state index in [2.05, 4.69) is 19.2 Å². The summed E-state index contributed by atoms with van der Waals surface area (Å²) < 4.78 is 11.4. The Labute approximate surface area is 172 Å². The van der Waals surface area contributed by atoms with E-state index in [1.165, 1.54) is 51.4 Å². The maximum Gasteiger partial charge on any atom is 0.252 e. The summed E-state index contributed by atoms with van der Waals surface area (Å²) in [5, 5.41) is 2.71. The van der Waals surface area contributed by atoms with Crippen molar-refractivity contribution in [3.05, 3.63) is 0 Å². The lowest BCUT2D eigenvalue weighted by molar-refractivity contribution is -0.150. The minimum Gasteiger partial charge on any atom is -0.367 e. The van der Waals surface area contributed by atoms with E-state index in [1.54, 1.807) is 0 Å². The number of rotatable bonds is 21. The molecule has 6 nitrogen and oxygen atoms in total. The molecular formula is C22H44N2O4. The minimum atomic E-state index is -0.903. The molecule has 2 unspecified atom stereocenters. The predicted molar refractivity (Wildman–Crippen MR) is 114 cm³/mol. The zero-order chi connectivity index (χ0) is 20.9. The molecule has 166 valence electrons. The van der Waals surface area contributed by atoms with E-state index in [4.69, 9.17) is 15.2 Å². The Hall–Kier alpha value is -0.980. The SMILES string of the molecule is CCCCCCCCOC(C=O)C(OCCCCCCCC)C(=O)NCCN. The summed E-state index contributed by atoms with van der Waals surface area (Å²) >= 11 is 0. The number of ether oxygens (including phenoxy) is 2. The Morgan fingerprint density at radius 1 is 0.857 bits per heavy atom. The molecule has 0 aliphatic carbocycles. The van der Waals surface area contributed by atoms with E-state index in [-0.39, 0.29) is 5.91 Å². The highest BCUT2D eigenvalue weighted by molar-refractivity contribution is 5.85. The standard InChI is InChI=1S/C22H44N2O4/c1-3-5-7-9-11-13-17-27-20(19-25)21(22(26)24-16-15-23)28-18-14-12-10-8-6-4-2/h19-21H,3-18,23H2,1-2H3,(H,24,26). The summed E-state index contributed by atoms with van der Waals surface area (Å²) in [5.74, 6) is -0.323. The number of nitrogens with two attached hydrogens (primary N) is 1. The molecule has 0 rings (SSSR count). The molecule has 0 radical (unpaired) electrons. The molecule has 0 aromatic rings. The Bertz CT molecular complexity index is 366. The molecule has 0 saturated heterocycles. The van der Waals surface area contributed by atoms with Crippen molar-refractivity contribution >= 4 is 12.2 Å². The molecule has 0 aliphatic heterocycles. The van der Waals surface area contributed by atoms with Crippen LogP contribution in [0.5, 0.6) is 0 Å². The van der Waals surface area contributed by atoms with Gasteiger partial charge in [-0.3, -0.25) is 4.79 Å². The number of amides is 1. The Balaban J connectivity index is 4.31. The lowest BCUT2D eigenvalue weighted by Gasteiger charge is -2.23. The van der Waals surface area contributed by atoms with Crippen molar-refractivity contribution < 1.29 is 19.1 Å². The molecular weight excluding hydrogens is 356 g/mol. The number of unbranched alkanes of at least 4 members (excludes halogenated alkanes) is 10. The topological polar surface area (TPSA) is 90.6 Å². The van der Waals surface area contributed by atoms with Crippen LogP contribution in [0.15, 0.2) is 0 Å². The lowest BCUT2D eigenvalue weighted by atomic mass is 10.1. The van der Waals surface area contributed by atoms with Gasteiger partial charge in [-0.25, -0.2) is 0 Å². The van der Waals surface area contributed by atoms with Gasteiger partial charge >= 0.3 is 0 Å². The summed E-state index contributed by atoms with van der Waals surface area (Å²) in [6.45, 7) is 6.02. The van der Waals surface area contributed by atoms with Crippen LogP contribution in [-0.4, -0.2) is 50.7 Å². The summed E-state index contributed by atoms with van der Waals surface area (Å²) in [6.07, 6.45) is 12.6. The van der Waals surface area contributed by atoms with Crippen molar-refractivity contribution in [2.24, 2.45) is 5.73 Å². The number of carbonyl (C=O) groups excluding carboxylic acids is 2. The molecule has 0 aliphatic rings. The zero-order valence-corrected chi connectivity index (χ0v) is 18.3. The molecule has 0 fully saturated rings. The van der Waals surface area contributed by atoms with Crippen LogP contribution in [0.4, 0.5) is 0 Å². The smallest absolute Gasteiger partial charge is 0.252 e. The van der Waals surface area contributed by atoms with Crippen LogP contribution >= 0.6 is 0 Å². The zero-order valence-electron chi connectivity index (χ0n) is 18.3. The van der Waals surface area contributed by atoms with Crippen molar-refractivity contribution in [2.75, 3.05) is 26.3 Å². The van der Waals surface area contributed by atoms with Gasteiger partial charge in [-0.2, -0.15) is 0 Å². The van der Waals surface area contributed by atoms with Crippen molar-refractivity contribution in [2.45, 2.75) is 103 Å². The summed E-state index contributed by atoms with van der Waals surface area (Å²) in [4.78, 5) is 23.9. The fourth-order valence-corrected chi connectivity index (χ4v) is 3.01. The maximum absolute atomic E-state index is 12.4. The van der Waals surface area contributed by atoms with Gasteiger partial charge in [-0.1, -0.05) is 78.1 Å². The van der Waals surface area contributed by atoms with Gasteiger partial charge in [0, 0.05) is 26.3 Å². The van der Waals surface area contributed by atoms with Crippen molar-refractivity contribution in [3.63, 3.8) is 0 Å². The van der Waals surface area contributed by atoms with Crippen molar-refractivity contribution in [3.8, 4) is 0 Å². The molecule has 28 heavy (non-hydrogen) atoms. The van der Waals surface area contributed by atoms with E-state index in [0.717, 1.165) is 25.7 Å². The van der Waals surface area contributed by atoms with Crippen molar-refractivity contribution in [1.82, 2.24) is 5.32 Å². The second-order valence-corrected chi connectivity index (χ2v) is 7.38. The first-order chi connectivity index (χ1) is 13.7. The van der Waals surface area contributed by atoms with E-state index in [1.807, 2.05) is 0 Å². The third-order valence-electron chi connectivity index (χ3n) is 4.74. The van der Waals surface area contributed by atoms with Gasteiger partial charge < -0.3 is 25.3 Å². The van der Waals surface area contributed by atoms with Crippen LogP contribution in [0.2, 0.25) is 0 Å². The second kappa shape index (κ2) is 20.7. The number of carbonyl (C=O) groups is 2. The third-order valence-corrected chi connectivity index (χ3v) is 4.74. The van der Waals surface area contributed by atoms with Crippen LogP contribution < -0.4 is 11.1 Å². The molecule has 0 bridgehead atoms. The molecule has 2 atom stereocenters. The first-order valence-electron chi connectivity index (χ1n) is 11.4. The molecule has 0 heterocycles. The van der Waals surface area contributed by atoms with Gasteiger partial charge in [0.2, 0.25) is 0 Å². The van der Waals surface area contributed by atoms with Crippen LogP contribution in [0.3, 0.4) is 0 Å². The maximum atomic E-state index is 12.4. The molecule has 0 spiro atoms. The van der Waals surface area contributed by atoms with Gasteiger partial charge in [-0.05, 0) is 12.8 Å². The van der Waals surface area contributed by atoms with Gasteiger partial charge in [0.25, 0.3) is 5.91 Å². The molecule has 3 N–H and O–H groups in total. The Morgan fingerprint density at radius 2 is 1.36 bits per heavy atom. The summed E-state index contributed by atoms with van der Waals surface area (Å²) in [6, 6.07) is 0. The quantitative estimate of drug-likeness (QED) is 0.226. The normalized spacial score (nSPS) is 13.2. The van der Waals surface area contributed by atoms with Gasteiger partial charge in [0.15, 0.2) is 12.4 Å². The Morgan fingerprint density at radius 3 is 1.86 bits per heavy atom. The molecule has 0 aromatic carbocycles. The molecule has 6 heteroatoms. The van der Waals surface area contributed by atoms with E-state index in [0.29, 0.717) is 32.6 Å². The number of hydrogen-bond donors (Lipinski definition) is 2. The van der Waals surface area contributed by atoms with Crippen LogP contribution in [0.25, 0.3) is 0 Å². The van der Waals surface area contributed by atoms with Gasteiger partial charge in [0.05, 0.1) is 0 Å². The average Bonchev–Trinajstić information content (AvgIpc) is 2.71. The first-order valence-corrected chi connectivity index (χ1v) is 11.4. The lowest BCUT2D eigenvalue weighted by Crippen LogP contribution is -2.47. The number of aldehydes is 1. The van der Waals surface area contributed by atoms with E-state index < -0.39 is 12.2 Å². The highest BCUT2D eigenvalue weighted by Gasteiger charge is 2.29. The minimum absolute atomic E-state index is 0.323. The average molecular weight is 401 g/mol. The number of nitrogens with one attached hydrogen (secondary N) is 1. The monoisotopic (exact) mass is 400 g/mol. The van der Waals surface area contributed by atoms with E-state index in [9.17, 15) is 9.59 Å². The summed E-state index contributed by atoms with van der Waals surface area (Å²) in [5.41, 5.74) is 5.46. The highest BCUT2D eigenvalue weighted by Crippen LogP contribution is 2.10. The van der Waals surface area contributed by atoms with Crippen molar-refractivity contribution in [1.29, 1.82) is 0 Å². The molecule has 0 saturated carbocycles. The van der Waals surface area contributed by atoms with Crippen LogP contribution in [0, 0.1) is 0 Å². The molecule has 1 amide bonds. The largest absolute Gasteiger partial charge is 0.367 e. The van der Waals surface area contributed by atoms with Crippen LogP contribution in [-0.2, 0) is 19.1 Å². The predicted octanol–water partition coefficient (Wildman–Crippen LogP) is 3.75. The first kappa shape index (κ1) is 27.0. The van der Waals surface area contributed by atoms with Gasteiger partial charge in [-0.15, -0.1) is 0 Å². The van der Waals surface area contributed by atoms with E-state index >= 15 is 0 Å². The second-order valence-electron chi connectivity index (χ2n) is 7.38. The van der Waals surface area contributed by atoms with Crippen LogP contribution in [0.1, 0.15) is 90.9 Å². The summed E-state index contributed by atoms with van der Waals surface area (Å²) in [7, 11) is 0. The highest BCUT2D eigenvalue weighted by atomic mass is 16.5.